The molecule has 1 N–H and O–H groups in total. The Labute approximate surface area is 128 Å². The molecule has 1 fully saturated rings. The third-order valence-corrected chi connectivity index (χ3v) is 3.97. The van der Waals surface area contributed by atoms with E-state index in [9.17, 15) is 18.3 Å². The van der Waals surface area contributed by atoms with Crippen molar-refractivity contribution < 1.29 is 18.3 Å². The summed E-state index contributed by atoms with van der Waals surface area (Å²) in [5, 5.41) is 9.64. The van der Waals surface area contributed by atoms with Crippen LogP contribution in [0.1, 0.15) is 30.9 Å². The molecule has 1 aliphatic rings. The first kappa shape index (κ1) is 16.9. The van der Waals surface area contributed by atoms with Crippen LogP contribution in [0, 0.1) is 17.8 Å². The van der Waals surface area contributed by atoms with Gasteiger partial charge in [0.15, 0.2) is 0 Å². The number of hydrogen-bond donors (Lipinski definition) is 1. The lowest BCUT2D eigenvalue weighted by atomic mass is 9.93. The zero-order chi connectivity index (χ0) is 16.2. The maximum Gasteiger partial charge on any atom is 0.416 e. The molecule has 5 heteroatoms. The van der Waals surface area contributed by atoms with Gasteiger partial charge in [0, 0.05) is 12.1 Å². The average molecular weight is 311 g/mol. The fourth-order valence-corrected chi connectivity index (χ4v) is 2.62. The van der Waals surface area contributed by atoms with Crippen LogP contribution in [0.3, 0.4) is 0 Å². The van der Waals surface area contributed by atoms with Gasteiger partial charge in [0.2, 0.25) is 0 Å². The zero-order valence-corrected chi connectivity index (χ0v) is 12.5. The Bertz CT molecular complexity index is 540. The van der Waals surface area contributed by atoms with Crippen LogP contribution in [-0.4, -0.2) is 35.7 Å². The third-order valence-electron chi connectivity index (χ3n) is 3.97. The van der Waals surface area contributed by atoms with Crippen molar-refractivity contribution in [2.45, 2.75) is 32.0 Å². The lowest BCUT2D eigenvalue weighted by molar-refractivity contribution is -0.137. The molecule has 0 bridgehead atoms. The molecule has 1 heterocycles. The summed E-state index contributed by atoms with van der Waals surface area (Å²) in [6.07, 6.45) is -2.56. The van der Waals surface area contributed by atoms with Crippen molar-refractivity contribution in [1.82, 2.24) is 4.90 Å². The van der Waals surface area contributed by atoms with E-state index in [1.807, 2.05) is 6.92 Å². The van der Waals surface area contributed by atoms with Crippen molar-refractivity contribution in [1.29, 1.82) is 0 Å². The predicted octanol–water partition coefficient (Wildman–Crippen LogP) is 3.15. The Morgan fingerprint density at radius 3 is 2.59 bits per heavy atom. The van der Waals surface area contributed by atoms with E-state index in [0.717, 1.165) is 38.1 Å². The number of nitrogens with zero attached hydrogens (tertiary/aromatic N) is 1. The lowest BCUT2D eigenvalue weighted by Gasteiger charge is -2.32. The van der Waals surface area contributed by atoms with E-state index in [4.69, 9.17) is 0 Å². The van der Waals surface area contributed by atoms with Crippen LogP contribution in [0.4, 0.5) is 13.2 Å². The molecule has 1 aromatic rings. The predicted molar refractivity (Wildman–Crippen MR) is 79.2 cm³/mol. The molecule has 22 heavy (non-hydrogen) atoms. The first-order valence-electron chi connectivity index (χ1n) is 7.43. The second-order valence-electron chi connectivity index (χ2n) is 5.75. The van der Waals surface area contributed by atoms with E-state index in [-0.39, 0.29) is 12.0 Å². The monoisotopic (exact) mass is 311 g/mol. The molecule has 0 amide bonds. The van der Waals surface area contributed by atoms with Crippen molar-refractivity contribution in [3.8, 4) is 11.8 Å². The highest BCUT2D eigenvalue weighted by Gasteiger charge is 2.29. The Morgan fingerprint density at radius 2 is 2.00 bits per heavy atom. The molecular weight excluding hydrogens is 291 g/mol. The summed E-state index contributed by atoms with van der Waals surface area (Å²) in [5.41, 5.74) is -0.0778. The van der Waals surface area contributed by atoms with Crippen LogP contribution in [-0.2, 0) is 6.18 Å². The Hall–Kier alpha value is -1.51. The highest BCUT2D eigenvalue weighted by atomic mass is 19.4. The maximum absolute atomic E-state index is 12.5. The van der Waals surface area contributed by atoms with Gasteiger partial charge in [-0.05, 0) is 56.5 Å². The molecule has 1 aromatic carbocycles. The fraction of sp³-hybridized carbons (Fsp3) is 0.529. The molecule has 1 saturated heterocycles. The van der Waals surface area contributed by atoms with Crippen LogP contribution in [0.25, 0.3) is 0 Å². The second kappa shape index (κ2) is 7.17. The van der Waals surface area contributed by atoms with Crippen LogP contribution in [0.2, 0.25) is 0 Å². The summed E-state index contributed by atoms with van der Waals surface area (Å²) in [7, 11) is 0. The van der Waals surface area contributed by atoms with Gasteiger partial charge in [-0.3, -0.25) is 4.90 Å². The van der Waals surface area contributed by atoms with Gasteiger partial charge in [-0.25, -0.2) is 0 Å². The van der Waals surface area contributed by atoms with Gasteiger partial charge in [0.05, 0.1) is 18.2 Å². The Balaban J connectivity index is 1.91. The normalized spacial score (nSPS) is 21.0. The average Bonchev–Trinajstić information content (AvgIpc) is 2.47. The van der Waals surface area contributed by atoms with Gasteiger partial charge >= 0.3 is 6.18 Å². The summed E-state index contributed by atoms with van der Waals surface area (Å²) in [4.78, 5) is 2.18. The molecule has 0 spiro atoms. The molecule has 2 atom stereocenters. The molecule has 0 aliphatic carbocycles. The highest BCUT2D eigenvalue weighted by Crippen LogP contribution is 2.28. The minimum atomic E-state index is -4.31. The van der Waals surface area contributed by atoms with E-state index in [2.05, 4.69) is 16.7 Å². The summed E-state index contributed by atoms with van der Waals surface area (Å²) in [6, 6.07) is 4.89. The van der Waals surface area contributed by atoms with E-state index in [1.54, 1.807) is 0 Å². The quantitative estimate of drug-likeness (QED) is 0.848. The number of benzene rings is 1. The maximum atomic E-state index is 12.5. The van der Waals surface area contributed by atoms with Crippen molar-refractivity contribution >= 4 is 0 Å². The number of aliphatic hydroxyl groups excluding tert-OH is 1. The molecular formula is C17H20F3NO. The van der Waals surface area contributed by atoms with Crippen LogP contribution in [0.5, 0.6) is 0 Å². The highest BCUT2D eigenvalue weighted by molar-refractivity contribution is 5.37. The summed E-state index contributed by atoms with van der Waals surface area (Å²) >= 11 is 0. The van der Waals surface area contributed by atoms with Gasteiger partial charge in [-0.1, -0.05) is 11.8 Å². The van der Waals surface area contributed by atoms with E-state index in [1.165, 1.54) is 12.1 Å². The molecule has 2 rings (SSSR count). The van der Waals surface area contributed by atoms with Crippen molar-refractivity contribution in [2.24, 2.45) is 5.92 Å². The standard InChI is InChI=1S/C17H20F3NO/c1-13(22)15-5-3-11-21(12-15)10-2-4-14-6-8-16(9-7-14)17(18,19)20/h6-9,13,15,22H,3,5,10-12H2,1H3. The molecule has 1 aliphatic heterocycles. The van der Waals surface area contributed by atoms with Gasteiger partial charge in [-0.2, -0.15) is 13.2 Å². The molecule has 2 unspecified atom stereocenters. The van der Waals surface area contributed by atoms with Gasteiger partial charge < -0.3 is 5.11 Å². The molecule has 0 radical (unpaired) electrons. The lowest BCUT2D eigenvalue weighted by Crippen LogP contribution is -2.39. The summed E-state index contributed by atoms with van der Waals surface area (Å²) in [6.45, 7) is 4.15. The van der Waals surface area contributed by atoms with Crippen LogP contribution >= 0.6 is 0 Å². The minimum Gasteiger partial charge on any atom is -0.393 e. The number of hydrogen-bond acceptors (Lipinski definition) is 2. The zero-order valence-electron chi connectivity index (χ0n) is 12.5. The minimum absolute atomic E-state index is 0.279. The van der Waals surface area contributed by atoms with E-state index >= 15 is 0 Å². The van der Waals surface area contributed by atoms with Crippen molar-refractivity contribution in [3.63, 3.8) is 0 Å². The van der Waals surface area contributed by atoms with E-state index < -0.39 is 11.7 Å². The smallest absolute Gasteiger partial charge is 0.393 e. The topological polar surface area (TPSA) is 23.5 Å². The second-order valence-corrected chi connectivity index (χ2v) is 5.75. The van der Waals surface area contributed by atoms with Crippen LogP contribution < -0.4 is 0 Å². The van der Waals surface area contributed by atoms with Gasteiger partial charge in [-0.15, -0.1) is 0 Å². The van der Waals surface area contributed by atoms with Crippen molar-refractivity contribution in [2.75, 3.05) is 19.6 Å². The Kier molecular flexibility index (Phi) is 5.49. The summed E-state index contributed by atoms with van der Waals surface area (Å²) < 4.78 is 37.4. The summed E-state index contributed by atoms with van der Waals surface area (Å²) in [5.74, 6) is 6.17. The number of likely N-dealkylation sites (tertiary alicyclic amines) is 1. The molecule has 2 nitrogen and oxygen atoms in total. The Morgan fingerprint density at radius 1 is 1.32 bits per heavy atom. The molecule has 0 aromatic heterocycles. The number of halogens is 3. The van der Waals surface area contributed by atoms with Gasteiger partial charge in [0.1, 0.15) is 0 Å². The molecule has 0 saturated carbocycles. The number of rotatable bonds is 2. The number of alkyl halides is 3. The number of aliphatic hydroxyl groups is 1. The SMILES string of the molecule is CC(O)C1CCCN(CC#Cc2ccc(C(F)(F)F)cc2)C1. The van der Waals surface area contributed by atoms with Gasteiger partial charge in [0.25, 0.3) is 0 Å². The first-order valence-corrected chi connectivity index (χ1v) is 7.43. The third kappa shape index (κ3) is 4.75. The largest absolute Gasteiger partial charge is 0.416 e. The first-order chi connectivity index (χ1) is 10.4. The van der Waals surface area contributed by atoms with E-state index in [0.29, 0.717) is 12.1 Å². The number of piperidine rings is 1. The van der Waals surface area contributed by atoms with Crippen LogP contribution in [0.15, 0.2) is 24.3 Å². The fourth-order valence-electron chi connectivity index (χ4n) is 2.62. The van der Waals surface area contributed by atoms with Crippen molar-refractivity contribution in [3.05, 3.63) is 35.4 Å². The molecule has 120 valence electrons.